The molecule has 0 spiro atoms. The van der Waals surface area contributed by atoms with Gasteiger partial charge >= 0.3 is 12.0 Å². The second-order valence-corrected chi connectivity index (χ2v) is 6.27. The summed E-state index contributed by atoms with van der Waals surface area (Å²) in [5, 5.41) is 5.45. The number of carbonyl (C=O) groups is 3. The molecule has 0 heterocycles. The summed E-state index contributed by atoms with van der Waals surface area (Å²) in [6.07, 6.45) is -0.218. The maximum Gasteiger partial charge on any atom is 0.312 e. The highest BCUT2D eigenvalue weighted by molar-refractivity contribution is 6.31. The van der Waals surface area contributed by atoms with Crippen molar-refractivity contribution in [3.05, 3.63) is 64.7 Å². The Morgan fingerprint density at radius 2 is 1.78 bits per heavy atom. The summed E-state index contributed by atoms with van der Waals surface area (Å²) in [7, 11) is 0. The quantitative estimate of drug-likeness (QED) is 0.632. The number of nitrogens with two attached hydrogens (primary N) is 1. The molecule has 3 amide bonds. The number of esters is 1. The van der Waals surface area contributed by atoms with Gasteiger partial charge in [0.25, 0.3) is 5.91 Å². The lowest BCUT2D eigenvalue weighted by atomic mass is 10.0. The van der Waals surface area contributed by atoms with E-state index in [1.54, 1.807) is 36.4 Å². The lowest BCUT2D eigenvalue weighted by Gasteiger charge is -2.18. The molecule has 0 bridgehead atoms. The summed E-state index contributed by atoms with van der Waals surface area (Å²) < 4.78 is 4.99. The van der Waals surface area contributed by atoms with E-state index in [-0.39, 0.29) is 6.42 Å². The highest BCUT2D eigenvalue weighted by atomic mass is 35.5. The average molecular weight is 390 g/mol. The summed E-state index contributed by atoms with van der Waals surface area (Å²) in [6, 6.07) is 12.4. The summed E-state index contributed by atoms with van der Waals surface area (Å²) >= 11 is 6.11. The third kappa shape index (κ3) is 6.63. The van der Waals surface area contributed by atoms with Crippen molar-refractivity contribution in [1.82, 2.24) is 5.32 Å². The van der Waals surface area contributed by atoms with Crippen LogP contribution in [0.15, 0.2) is 48.5 Å². The topological polar surface area (TPSA) is 111 Å². The van der Waals surface area contributed by atoms with E-state index >= 15 is 0 Å². The number of halogens is 1. The number of hydrogen-bond acceptors (Lipinski definition) is 4. The Hall–Kier alpha value is -3.06. The van der Waals surface area contributed by atoms with Crippen LogP contribution in [0.1, 0.15) is 23.6 Å². The van der Waals surface area contributed by atoms with Gasteiger partial charge in [0.15, 0.2) is 6.61 Å². The van der Waals surface area contributed by atoms with E-state index < -0.39 is 30.6 Å². The van der Waals surface area contributed by atoms with Crippen LogP contribution in [0.25, 0.3) is 0 Å². The Morgan fingerprint density at radius 3 is 2.41 bits per heavy atom. The van der Waals surface area contributed by atoms with Gasteiger partial charge in [-0.1, -0.05) is 47.5 Å². The van der Waals surface area contributed by atoms with E-state index in [4.69, 9.17) is 22.1 Å². The third-order valence-corrected chi connectivity index (χ3v) is 4.01. The van der Waals surface area contributed by atoms with E-state index in [2.05, 4.69) is 10.6 Å². The second kappa shape index (κ2) is 9.59. The molecule has 1 atom stereocenters. The molecule has 0 fully saturated rings. The van der Waals surface area contributed by atoms with Crippen LogP contribution >= 0.6 is 11.6 Å². The Kier molecular flexibility index (Phi) is 7.19. The molecule has 1 unspecified atom stereocenters. The molecule has 0 aliphatic carbocycles. The van der Waals surface area contributed by atoms with Crippen molar-refractivity contribution >= 4 is 35.2 Å². The van der Waals surface area contributed by atoms with Crippen LogP contribution < -0.4 is 16.4 Å². The molecule has 4 N–H and O–H groups in total. The van der Waals surface area contributed by atoms with Gasteiger partial charge in [-0.3, -0.25) is 9.59 Å². The van der Waals surface area contributed by atoms with E-state index in [0.717, 1.165) is 5.56 Å². The molecule has 142 valence electrons. The lowest BCUT2D eigenvalue weighted by Crippen LogP contribution is -2.35. The zero-order valence-corrected chi connectivity index (χ0v) is 15.5. The number of ether oxygens (including phenoxy) is 1. The highest BCUT2D eigenvalue weighted by Crippen LogP contribution is 2.25. The molecule has 0 radical (unpaired) electrons. The normalized spacial score (nSPS) is 11.3. The Morgan fingerprint density at radius 1 is 1.11 bits per heavy atom. The van der Waals surface area contributed by atoms with Gasteiger partial charge in [-0.2, -0.15) is 0 Å². The number of benzene rings is 2. The van der Waals surface area contributed by atoms with Gasteiger partial charge in [0.1, 0.15) is 0 Å². The van der Waals surface area contributed by atoms with Crippen molar-refractivity contribution < 1.29 is 19.1 Å². The van der Waals surface area contributed by atoms with E-state index in [0.29, 0.717) is 16.3 Å². The summed E-state index contributed by atoms with van der Waals surface area (Å²) in [5.41, 5.74) is 7.36. The van der Waals surface area contributed by atoms with Crippen molar-refractivity contribution in [3.63, 3.8) is 0 Å². The minimum Gasteiger partial charge on any atom is -0.455 e. The first-order valence-electron chi connectivity index (χ1n) is 8.17. The largest absolute Gasteiger partial charge is 0.455 e. The van der Waals surface area contributed by atoms with Crippen molar-refractivity contribution in [2.45, 2.75) is 19.4 Å². The molecule has 8 heteroatoms. The first kappa shape index (κ1) is 20.3. The maximum absolute atomic E-state index is 12.1. The number of carbonyl (C=O) groups excluding carboxylic acids is 3. The standard InChI is InChI=1S/C19H20ClN3O4/c1-12-6-8-13(9-7-12)22-17(24)11-27-18(25)10-16(23-19(21)26)14-4-2-3-5-15(14)20/h2-9,16H,10-11H2,1H3,(H,22,24)(H3,21,23,26). The molecule has 0 saturated carbocycles. The van der Waals surface area contributed by atoms with Gasteiger partial charge < -0.3 is 21.1 Å². The first-order valence-corrected chi connectivity index (χ1v) is 8.55. The summed E-state index contributed by atoms with van der Waals surface area (Å²) in [6.45, 7) is 1.49. The molecule has 2 rings (SSSR count). The molecular formula is C19H20ClN3O4. The summed E-state index contributed by atoms with van der Waals surface area (Å²) in [4.78, 5) is 35.2. The number of aryl methyl sites for hydroxylation is 1. The Bertz CT molecular complexity index is 824. The molecule has 27 heavy (non-hydrogen) atoms. The predicted octanol–water partition coefficient (Wildman–Crippen LogP) is 2.93. The molecule has 7 nitrogen and oxygen atoms in total. The van der Waals surface area contributed by atoms with Gasteiger partial charge in [0.05, 0.1) is 12.5 Å². The van der Waals surface area contributed by atoms with Gasteiger partial charge in [-0.05, 0) is 30.7 Å². The fourth-order valence-corrected chi connectivity index (χ4v) is 2.64. The van der Waals surface area contributed by atoms with Gasteiger partial charge in [0.2, 0.25) is 0 Å². The zero-order chi connectivity index (χ0) is 19.8. The fourth-order valence-electron chi connectivity index (χ4n) is 2.37. The smallest absolute Gasteiger partial charge is 0.312 e. The van der Waals surface area contributed by atoms with Crippen LogP contribution in [0, 0.1) is 6.92 Å². The molecule has 0 saturated heterocycles. The van der Waals surface area contributed by atoms with Gasteiger partial charge in [0, 0.05) is 10.7 Å². The number of hydrogen-bond donors (Lipinski definition) is 3. The SMILES string of the molecule is Cc1ccc(NC(=O)COC(=O)CC(NC(N)=O)c2ccccc2Cl)cc1. The van der Waals surface area contributed by atoms with Gasteiger partial charge in [-0.25, -0.2) is 4.79 Å². The minimum atomic E-state index is -0.801. The Balaban J connectivity index is 1.91. The number of anilines is 1. The van der Waals surface area contributed by atoms with Crippen LogP contribution in [0.2, 0.25) is 5.02 Å². The fraction of sp³-hybridized carbons (Fsp3) is 0.211. The molecule has 0 aromatic heterocycles. The predicted molar refractivity (Wildman–Crippen MR) is 102 cm³/mol. The van der Waals surface area contributed by atoms with Crippen LogP contribution in [0.3, 0.4) is 0 Å². The number of urea groups is 1. The second-order valence-electron chi connectivity index (χ2n) is 5.86. The van der Waals surface area contributed by atoms with Crippen LogP contribution in [0.4, 0.5) is 10.5 Å². The molecule has 2 aromatic rings. The maximum atomic E-state index is 12.1. The van der Waals surface area contributed by atoms with E-state index in [1.165, 1.54) is 0 Å². The Labute approximate surface area is 161 Å². The van der Waals surface area contributed by atoms with Crippen LogP contribution in [0.5, 0.6) is 0 Å². The lowest BCUT2D eigenvalue weighted by molar-refractivity contribution is -0.147. The number of primary amides is 1. The van der Waals surface area contributed by atoms with Crippen molar-refractivity contribution in [3.8, 4) is 0 Å². The van der Waals surface area contributed by atoms with Crippen LogP contribution in [-0.2, 0) is 14.3 Å². The number of nitrogens with one attached hydrogen (secondary N) is 2. The molecule has 0 aliphatic rings. The zero-order valence-electron chi connectivity index (χ0n) is 14.7. The van der Waals surface area contributed by atoms with Crippen LogP contribution in [-0.4, -0.2) is 24.5 Å². The van der Waals surface area contributed by atoms with E-state index in [9.17, 15) is 14.4 Å². The monoisotopic (exact) mass is 389 g/mol. The van der Waals surface area contributed by atoms with E-state index in [1.807, 2.05) is 19.1 Å². The minimum absolute atomic E-state index is 0.218. The number of rotatable bonds is 7. The van der Waals surface area contributed by atoms with Crippen molar-refractivity contribution in [2.24, 2.45) is 5.73 Å². The highest BCUT2D eigenvalue weighted by Gasteiger charge is 2.21. The summed E-state index contributed by atoms with van der Waals surface area (Å²) in [5.74, 6) is -1.14. The molecular weight excluding hydrogens is 370 g/mol. The third-order valence-electron chi connectivity index (χ3n) is 3.67. The first-order chi connectivity index (χ1) is 12.8. The average Bonchev–Trinajstić information content (AvgIpc) is 2.61. The van der Waals surface area contributed by atoms with Gasteiger partial charge in [-0.15, -0.1) is 0 Å². The van der Waals surface area contributed by atoms with Crippen molar-refractivity contribution in [2.75, 3.05) is 11.9 Å². The number of amides is 3. The molecule has 2 aromatic carbocycles. The van der Waals surface area contributed by atoms with Crippen molar-refractivity contribution in [1.29, 1.82) is 0 Å². The molecule has 0 aliphatic heterocycles.